The van der Waals surface area contributed by atoms with E-state index >= 15 is 0 Å². The van der Waals surface area contributed by atoms with E-state index in [0.717, 1.165) is 22.3 Å². The van der Waals surface area contributed by atoms with Gasteiger partial charge in [-0.3, -0.25) is 14.4 Å². The molecule has 0 bridgehead atoms. The van der Waals surface area contributed by atoms with Crippen molar-refractivity contribution < 1.29 is 38.9 Å². The monoisotopic (exact) mass is 497 g/mol. The zero-order valence-corrected chi connectivity index (χ0v) is 19.7. The van der Waals surface area contributed by atoms with Crippen molar-refractivity contribution in [2.24, 2.45) is 0 Å². The molecule has 2 aromatic carbocycles. The first-order chi connectivity index (χ1) is 17.1. The Bertz CT molecular complexity index is 1140. The van der Waals surface area contributed by atoms with Crippen molar-refractivity contribution in [3.05, 3.63) is 59.7 Å². The van der Waals surface area contributed by atoms with Crippen molar-refractivity contribution in [2.75, 3.05) is 6.61 Å². The number of carbonyl (C=O) groups is 5. The molecule has 3 atom stereocenters. The molecule has 3 amide bonds. The number of amides is 3. The van der Waals surface area contributed by atoms with Crippen LogP contribution in [0.3, 0.4) is 0 Å². The second kappa shape index (κ2) is 11.3. The second-order valence-electron chi connectivity index (χ2n) is 8.42. The molecule has 0 fully saturated rings. The molecule has 0 heterocycles. The summed E-state index contributed by atoms with van der Waals surface area (Å²) in [4.78, 5) is 58.8. The van der Waals surface area contributed by atoms with Crippen LogP contribution in [0.2, 0.25) is 0 Å². The maximum absolute atomic E-state index is 12.4. The minimum atomic E-state index is -1.65. The van der Waals surface area contributed by atoms with Crippen LogP contribution in [0.1, 0.15) is 37.3 Å². The van der Waals surface area contributed by atoms with Crippen LogP contribution < -0.4 is 16.0 Å². The quantitative estimate of drug-likeness (QED) is 0.328. The summed E-state index contributed by atoms with van der Waals surface area (Å²) in [5, 5.41) is 24.6. The van der Waals surface area contributed by atoms with Gasteiger partial charge < -0.3 is 30.9 Å². The van der Waals surface area contributed by atoms with Gasteiger partial charge in [0.05, 0.1) is 6.42 Å². The van der Waals surface area contributed by atoms with Gasteiger partial charge >= 0.3 is 18.0 Å². The molecule has 0 saturated heterocycles. The van der Waals surface area contributed by atoms with Crippen LogP contribution in [0.5, 0.6) is 0 Å². The Kier molecular flexibility index (Phi) is 8.26. The molecule has 0 aromatic heterocycles. The molecule has 5 N–H and O–H groups in total. The lowest BCUT2D eigenvalue weighted by Crippen LogP contribution is -2.54. The number of nitrogens with one attached hydrogen (secondary N) is 3. The highest BCUT2D eigenvalue weighted by atomic mass is 16.5. The number of alkyl carbamates (subject to hydrolysis) is 1. The van der Waals surface area contributed by atoms with Crippen LogP contribution >= 0.6 is 0 Å². The number of ether oxygens (including phenoxy) is 1. The average Bonchev–Trinajstić information content (AvgIpc) is 3.15. The molecule has 0 saturated carbocycles. The first kappa shape index (κ1) is 26.2. The summed E-state index contributed by atoms with van der Waals surface area (Å²) < 4.78 is 5.40. The molecule has 0 aliphatic heterocycles. The van der Waals surface area contributed by atoms with Crippen LogP contribution in [0.25, 0.3) is 11.1 Å². The largest absolute Gasteiger partial charge is 0.481 e. The first-order valence-electron chi connectivity index (χ1n) is 11.2. The number of carbonyl (C=O) groups excluding carboxylic acids is 3. The van der Waals surface area contributed by atoms with Gasteiger partial charge in [-0.05, 0) is 36.1 Å². The Balaban J connectivity index is 1.51. The van der Waals surface area contributed by atoms with E-state index in [2.05, 4.69) is 16.0 Å². The molecular weight excluding hydrogens is 470 g/mol. The lowest BCUT2D eigenvalue weighted by Gasteiger charge is -2.20. The Morgan fingerprint density at radius 3 is 1.83 bits per heavy atom. The third-order valence-electron chi connectivity index (χ3n) is 5.82. The van der Waals surface area contributed by atoms with Crippen molar-refractivity contribution >= 4 is 29.8 Å². The van der Waals surface area contributed by atoms with Gasteiger partial charge in [0.15, 0.2) is 0 Å². The maximum atomic E-state index is 12.4. The molecule has 11 heteroatoms. The fraction of sp³-hybridized carbons (Fsp3) is 0.320. The van der Waals surface area contributed by atoms with E-state index in [0.29, 0.717) is 0 Å². The van der Waals surface area contributed by atoms with E-state index in [1.807, 2.05) is 48.5 Å². The highest BCUT2D eigenvalue weighted by Crippen LogP contribution is 2.44. The predicted molar refractivity (Wildman–Crippen MR) is 127 cm³/mol. The number of hydrogen-bond acceptors (Lipinski definition) is 6. The fourth-order valence-corrected chi connectivity index (χ4v) is 3.96. The molecule has 3 rings (SSSR count). The van der Waals surface area contributed by atoms with Crippen molar-refractivity contribution in [1.29, 1.82) is 0 Å². The summed E-state index contributed by atoms with van der Waals surface area (Å²) in [5.41, 5.74) is 4.24. The summed E-state index contributed by atoms with van der Waals surface area (Å²) in [7, 11) is 0. The van der Waals surface area contributed by atoms with Gasteiger partial charge in [0.25, 0.3) is 0 Å². The third-order valence-corrected chi connectivity index (χ3v) is 5.82. The third kappa shape index (κ3) is 6.17. The number of benzene rings is 2. The zero-order valence-electron chi connectivity index (χ0n) is 19.7. The molecule has 0 radical (unpaired) electrons. The van der Waals surface area contributed by atoms with E-state index in [4.69, 9.17) is 14.9 Å². The average molecular weight is 498 g/mol. The number of aliphatic carboxylic acids is 2. The number of hydrogen-bond donors (Lipinski definition) is 5. The molecular formula is C25H27N3O8. The van der Waals surface area contributed by atoms with Crippen molar-refractivity contribution in [3.63, 3.8) is 0 Å². The summed E-state index contributed by atoms with van der Waals surface area (Å²) in [6.07, 6.45) is -1.63. The Labute approximate surface area is 206 Å². The van der Waals surface area contributed by atoms with Crippen molar-refractivity contribution in [3.8, 4) is 11.1 Å². The van der Waals surface area contributed by atoms with Gasteiger partial charge in [-0.15, -0.1) is 0 Å². The SMILES string of the molecule is C[C@H](NC(=O)OCC1c2ccccc2-c2ccccc21)C(=O)N[C@@H](C)C(=O)N[C@@H](CC(=O)O)C(=O)O. The Hall–Kier alpha value is -4.41. The van der Waals surface area contributed by atoms with Crippen molar-refractivity contribution in [1.82, 2.24) is 16.0 Å². The lowest BCUT2D eigenvalue weighted by atomic mass is 9.98. The minimum absolute atomic E-state index is 0.0627. The number of carboxylic acids is 2. The van der Waals surface area contributed by atoms with Gasteiger partial charge in [-0.2, -0.15) is 0 Å². The van der Waals surface area contributed by atoms with E-state index < -0.39 is 54.4 Å². The van der Waals surface area contributed by atoms with Crippen LogP contribution in [-0.2, 0) is 23.9 Å². The summed E-state index contributed by atoms with van der Waals surface area (Å²) in [6.45, 7) is 2.76. The molecule has 0 unspecified atom stereocenters. The van der Waals surface area contributed by atoms with Gasteiger partial charge in [0.2, 0.25) is 11.8 Å². The highest BCUT2D eigenvalue weighted by molar-refractivity contribution is 5.93. The maximum Gasteiger partial charge on any atom is 0.407 e. The predicted octanol–water partition coefficient (Wildman–Crippen LogP) is 1.46. The topological polar surface area (TPSA) is 171 Å². The van der Waals surface area contributed by atoms with Crippen LogP contribution in [0.15, 0.2) is 48.5 Å². The van der Waals surface area contributed by atoms with E-state index in [9.17, 15) is 24.0 Å². The van der Waals surface area contributed by atoms with E-state index in [1.54, 1.807) is 0 Å². The molecule has 2 aromatic rings. The molecule has 0 spiro atoms. The molecule has 190 valence electrons. The number of fused-ring (bicyclic) bond motifs is 3. The number of carboxylic acid groups (broad SMARTS) is 2. The lowest BCUT2D eigenvalue weighted by molar-refractivity contribution is -0.147. The van der Waals surface area contributed by atoms with Crippen LogP contribution in [-0.4, -0.2) is 64.8 Å². The Morgan fingerprint density at radius 2 is 1.31 bits per heavy atom. The Morgan fingerprint density at radius 1 is 0.806 bits per heavy atom. The van der Waals surface area contributed by atoms with Gasteiger partial charge in [0, 0.05) is 5.92 Å². The molecule has 11 nitrogen and oxygen atoms in total. The van der Waals surface area contributed by atoms with E-state index in [1.165, 1.54) is 13.8 Å². The van der Waals surface area contributed by atoms with Crippen LogP contribution in [0, 0.1) is 0 Å². The standard InChI is InChI=1S/C25H27N3O8/c1-13(23(32)28-20(24(33)34)11-21(29)30)26-22(31)14(2)27-25(35)36-12-19-17-9-5-3-7-15(17)16-8-4-6-10-18(16)19/h3-10,13-14,19-20H,11-12H2,1-2H3,(H,26,31)(H,27,35)(H,28,32)(H,29,30)(H,33,34)/t13-,14-,20-/m0/s1. The first-order valence-corrected chi connectivity index (χ1v) is 11.2. The van der Waals surface area contributed by atoms with E-state index in [-0.39, 0.29) is 12.5 Å². The fourth-order valence-electron chi connectivity index (χ4n) is 3.96. The van der Waals surface area contributed by atoms with Crippen molar-refractivity contribution in [2.45, 2.75) is 44.3 Å². The summed E-state index contributed by atoms with van der Waals surface area (Å²) in [6, 6.07) is 11.8. The smallest absolute Gasteiger partial charge is 0.407 e. The van der Waals surface area contributed by atoms with Gasteiger partial charge in [-0.25, -0.2) is 9.59 Å². The second-order valence-corrected chi connectivity index (χ2v) is 8.42. The van der Waals surface area contributed by atoms with Gasteiger partial charge in [-0.1, -0.05) is 48.5 Å². The zero-order chi connectivity index (χ0) is 26.4. The molecule has 1 aliphatic rings. The summed E-state index contributed by atoms with van der Waals surface area (Å²) >= 11 is 0. The highest BCUT2D eigenvalue weighted by Gasteiger charge is 2.30. The minimum Gasteiger partial charge on any atom is -0.481 e. The normalized spacial score (nSPS) is 14.4. The number of rotatable bonds is 10. The van der Waals surface area contributed by atoms with Crippen LogP contribution in [0.4, 0.5) is 4.79 Å². The summed E-state index contributed by atoms with van der Waals surface area (Å²) in [5.74, 6) is -4.67. The molecule has 36 heavy (non-hydrogen) atoms. The molecule has 1 aliphatic carbocycles. The van der Waals surface area contributed by atoms with Gasteiger partial charge in [0.1, 0.15) is 24.7 Å².